The minimum absolute atomic E-state index is 0.0108. The molecule has 1 aliphatic rings. The number of carbonyl (C=O) groups excluding carboxylic acids is 1. The van der Waals surface area contributed by atoms with Gasteiger partial charge < -0.3 is 24.6 Å². The Balaban J connectivity index is 1.70. The van der Waals surface area contributed by atoms with Crippen LogP contribution >= 0.6 is 22.6 Å². The molecule has 6 nitrogen and oxygen atoms in total. The van der Waals surface area contributed by atoms with Gasteiger partial charge in [0.15, 0.2) is 5.76 Å². The van der Waals surface area contributed by atoms with Crippen LogP contribution in [0.2, 0.25) is 0 Å². The van der Waals surface area contributed by atoms with Crippen molar-refractivity contribution in [1.29, 1.82) is 0 Å². The molecule has 160 valence electrons. The molecule has 0 bridgehead atoms. The Morgan fingerprint density at radius 1 is 1.17 bits per heavy atom. The fourth-order valence-corrected chi connectivity index (χ4v) is 3.50. The van der Waals surface area contributed by atoms with Gasteiger partial charge in [0.25, 0.3) is 5.91 Å². The molecule has 1 amide bonds. The molecule has 0 radical (unpaired) electrons. The third-order valence-electron chi connectivity index (χ3n) is 4.81. The Hall–Kier alpha value is -1.94. The van der Waals surface area contributed by atoms with Crippen molar-refractivity contribution in [2.45, 2.75) is 31.8 Å². The highest BCUT2D eigenvalue weighted by atomic mass is 127. The molecule has 2 aromatic rings. The van der Waals surface area contributed by atoms with E-state index in [9.17, 15) is 9.90 Å². The number of ether oxygens (including phenoxy) is 3. The highest BCUT2D eigenvalue weighted by molar-refractivity contribution is 14.1. The van der Waals surface area contributed by atoms with Gasteiger partial charge in [0.05, 0.1) is 19.8 Å². The minimum Gasteiger partial charge on any atom is -0.459 e. The number of methoxy groups -OCH3 is 1. The van der Waals surface area contributed by atoms with Crippen LogP contribution in [-0.2, 0) is 32.2 Å². The normalized spacial score (nSPS) is 18.4. The maximum atomic E-state index is 12.6. The first-order chi connectivity index (χ1) is 14.6. The molecule has 0 saturated heterocycles. The lowest BCUT2D eigenvalue weighted by molar-refractivity contribution is -0.150. The predicted molar refractivity (Wildman–Crippen MR) is 122 cm³/mol. The number of rotatable bonds is 9. The Bertz CT molecular complexity index is 851. The van der Waals surface area contributed by atoms with Crippen LogP contribution in [0.25, 0.3) is 0 Å². The van der Waals surface area contributed by atoms with E-state index in [2.05, 4.69) is 52.2 Å². The van der Waals surface area contributed by atoms with Gasteiger partial charge in [-0.25, -0.2) is 0 Å². The maximum absolute atomic E-state index is 12.6. The largest absolute Gasteiger partial charge is 0.459 e. The Labute approximate surface area is 190 Å². The summed E-state index contributed by atoms with van der Waals surface area (Å²) in [4.78, 5) is 12.6. The van der Waals surface area contributed by atoms with E-state index in [1.807, 2.05) is 30.3 Å². The van der Waals surface area contributed by atoms with Gasteiger partial charge in [-0.2, -0.15) is 0 Å². The first kappa shape index (κ1) is 22.7. The maximum Gasteiger partial charge on any atom is 0.286 e. The fourth-order valence-electron chi connectivity index (χ4n) is 3.14. The molecule has 0 aromatic heterocycles. The molecule has 1 aliphatic heterocycles. The van der Waals surface area contributed by atoms with Crippen molar-refractivity contribution in [3.63, 3.8) is 0 Å². The summed E-state index contributed by atoms with van der Waals surface area (Å²) in [5, 5.41) is 12.0. The van der Waals surface area contributed by atoms with Gasteiger partial charge in [-0.15, -0.1) is 0 Å². The van der Waals surface area contributed by atoms with E-state index >= 15 is 0 Å². The lowest BCUT2D eigenvalue weighted by atomic mass is 9.93. The minimum atomic E-state index is -0.542. The zero-order valence-corrected chi connectivity index (χ0v) is 19.0. The van der Waals surface area contributed by atoms with E-state index in [1.165, 1.54) is 0 Å². The van der Waals surface area contributed by atoms with Gasteiger partial charge in [-0.1, -0.05) is 36.4 Å². The number of aliphatic hydroxyl groups is 1. The third kappa shape index (κ3) is 6.53. The number of amides is 1. The summed E-state index contributed by atoms with van der Waals surface area (Å²) in [6.07, 6.45) is 1.93. The molecular formula is C23H26INO5. The Kier molecular flexibility index (Phi) is 8.68. The molecule has 2 aromatic carbocycles. The second kappa shape index (κ2) is 11.5. The molecule has 0 spiro atoms. The number of nitrogens with one attached hydrogen (secondary N) is 1. The number of benzene rings is 2. The second-order valence-electron chi connectivity index (χ2n) is 7.01. The Morgan fingerprint density at radius 3 is 2.53 bits per heavy atom. The molecule has 30 heavy (non-hydrogen) atoms. The van der Waals surface area contributed by atoms with E-state index in [4.69, 9.17) is 14.2 Å². The van der Waals surface area contributed by atoms with Gasteiger partial charge >= 0.3 is 0 Å². The number of hydrogen-bond acceptors (Lipinski definition) is 5. The zero-order valence-electron chi connectivity index (χ0n) is 16.8. The second-order valence-corrected chi connectivity index (χ2v) is 8.25. The average molecular weight is 523 g/mol. The number of hydrogen-bond donors (Lipinski definition) is 2. The van der Waals surface area contributed by atoms with Crippen LogP contribution in [-0.4, -0.2) is 37.6 Å². The van der Waals surface area contributed by atoms with Crippen molar-refractivity contribution in [3.05, 3.63) is 80.6 Å². The van der Waals surface area contributed by atoms with Crippen LogP contribution in [0.15, 0.2) is 60.4 Å². The topological polar surface area (TPSA) is 77.0 Å². The van der Waals surface area contributed by atoms with Crippen LogP contribution in [0.5, 0.6) is 0 Å². The van der Waals surface area contributed by atoms with Crippen LogP contribution < -0.4 is 5.32 Å². The van der Waals surface area contributed by atoms with Crippen molar-refractivity contribution < 1.29 is 24.1 Å². The average Bonchev–Trinajstić information content (AvgIpc) is 2.78. The molecule has 7 heteroatoms. The summed E-state index contributed by atoms with van der Waals surface area (Å²) < 4.78 is 18.0. The molecule has 0 aliphatic carbocycles. The Morgan fingerprint density at radius 2 is 1.87 bits per heavy atom. The summed E-state index contributed by atoms with van der Waals surface area (Å²) in [5.41, 5.74) is 2.94. The van der Waals surface area contributed by atoms with E-state index in [1.54, 1.807) is 7.11 Å². The van der Waals surface area contributed by atoms with Crippen LogP contribution in [0, 0.1) is 3.57 Å². The molecule has 1 heterocycles. The summed E-state index contributed by atoms with van der Waals surface area (Å²) in [6, 6.07) is 15.8. The van der Waals surface area contributed by atoms with Crippen molar-refractivity contribution in [2.75, 3.05) is 20.3 Å². The summed E-state index contributed by atoms with van der Waals surface area (Å²) in [6.45, 7) is 1.21. The molecule has 0 fully saturated rings. The number of halogens is 1. The summed E-state index contributed by atoms with van der Waals surface area (Å²) in [7, 11) is 1.59. The summed E-state index contributed by atoms with van der Waals surface area (Å²) >= 11 is 2.27. The van der Waals surface area contributed by atoms with Crippen molar-refractivity contribution in [2.24, 2.45) is 0 Å². The number of aliphatic hydroxyl groups excluding tert-OH is 1. The monoisotopic (exact) mass is 523 g/mol. The zero-order chi connectivity index (χ0) is 21.3. The van der Waals surface area contributed by atoms with Crippen LogP contribution in [0.4, 0.5) is 0 Å². The first-order valence-corrected chi connectivity index (χ1v) is 10.9. The molecule has 3 rings (SSSR count). The quantitative estimate of drug-likeness (QED) is 0.389. The number of allylic oxidation sites excluding steroid dienone is 1. The molecule has 0 unspecified atom stereocenters. The lowest BCUT2D eigenvalue weighted by Crippen LogP contribution is -2.34. The SMILES string of the molecule is COCCNC(=O)C1=C[C@H](c2ccc(I)cc2)C[C@H](OCc2ccc(CO)cc2)O1. The van der Waals surface area contributed by atoms with Gasteiger partial charge in [0.2, 0.25) is 6.29 Å². The van der Waals surface area contributed by atoms with Gasteiger partial charge in [0.1, 0.15) is 0 Å². The molecule has 2 atom stereocenters. The smallest absolute Gasteiger partial charge is 0.286 e. The van der Waals surface area contributed by atoms with Gasteiger partial charge in [-0.05, 0) is 57.5 Å². The van der Waals surface area contributed by atoms with E-state index in [0.717, 1.165) is 20.3 Å². The predicted octanol–water partition coefficient (Wildman–Crippen LogP) is 3.48. The fraction of sp³-hybridized carbons (Fsp3) is 0.348. The van der Waals surface area contributed by atoms with Crippen LogP contribution in [0.1, 0.15) is 29.0 Å². The van der Waals surface area contributed by atoms with E-state index in [0.29, 0.717) is 26.2 Å². The highest BCUT2D eigenvalue weighted by Gasteiger charge is 2.28. The molecule has 2 N–H and O–H groups in total. The van der Waals surface area contributed by atoms with E-state index in [-0.39, 0.29) is 24.2 Å². The van der Waals surface area contributed by atoms with Crippen LogP contribution in [0.3, 0.4) is 0 Å². The van der Waals surface area contributed by atoms with Crippen molar-refractivity contribution in [1.82, 2.24) is 5.32 Å². The van der Waals surface area contributed by atoms with Crippen molar-refractivity contribution >= 4 is 28.5 Å². The molecular weight excluding hydrogens is 497 g/mol. The molecule has 0 saturated carbocycles. The van der Waals surface area contributed by atoms with Gasteiger partial charge in [-0.3, -0.25) is 4.79 Å². The third-order valence-corrected chi connectivity index (χ3v) is 5.53. The van der Waals surface area contributed by atoms with Crippen molar-refractivity contribution in [3.8, 4) is 0 Å². The van der Waals surface area contributed by atoms with E-state index < -0.39 is 6.29 Å². The summed E-state index contributed by atoms with van der Waals surface area (Å²) in [5.74, 6) is 0.00498. The first-order valence-electron chi connectivity index (χ1n) is 9.80. The lowest BCUT2D eigenvalue weighted by Gasteiger charge is -2.29. The standard InChI is InChI=1S/C23H26INO5/c1-28-11-10-25-23(27)21-12-19(18-6-8-20(24)9-7-18)13-22(30-21)29-15-17-4-2-16(14-26)3-5-17/h2-9,12,19,22,26H,10-11,13-15H2,1H3,(H,25,27)/t19-,22+/m0/s1. The highest BCUT2D eigenvalue weighted by Crippen LogP contribution is 2.32. The van der Waals surface area contributed by atoms with Gasteiger partial charge in [0, 0.05) is 29.6 Å². The number of carbonyl (C=O) groups is 1.